The molecule has 0 aliphatic carbocycles. The van der Waals surface area contributed by atoms with Crippen molar-refractivity contribution in [1.29, 1.82) is 0 Å². The minimum absolute atomic E-state index is 0.00874. The van der Waals surface area contributed by atoms with Crippen LogP contribution in [0.4, 0.5) is 0 Å². The number of likely N-dealkylation sites (tertiary alicyclic amines) is 1. The van der Waals surface area contributed by atoms with E-state index in [-0.39, 0.29) is 17.9 Å². The molecule has 2 aromatic carbocycles. The largest absolute Gasteiger partial charge is 0.497 e. The number of oxazole rings is 1. The SMILES string of the molecule is CCC(O)C1CCN(C(=O)c2ccc3nc(Cc4ccc(OC)cc4)oc3c2)CC1. The van der Waals surface area contributed by atoms with Crippen LogP contribution < -0.4 is 4.74 Å². The van der Waals surface area contributed by atoms with Crippen molar-refractivity contribution in [1.82, 2.24) is 9.88 Å². The fourth-order valence-electron chi connectivity index (χ4n) is 4.10. The van der Waals surface area contributed by atoms with Gasteiger partial charge in [0, 0.05) is 25.1 Å². The second kappa shape index (κ2) is 8.88. The van der Waals surface area contributed by atoms with Crippen molar-refractivity contribution in [2.75, 3.05) is 20.2 Å². The third-order valence-corrected chi connectivity index (χ3v) is 5.98. The van der Waals surface area contributed by atoms with Crippen LogP contribution in [0.2, 0.25) is 0 Å². The number of amides is 1. The lowest BCUT2D eigenvalue weighted by atomic mass is 9.90. The molecule has 0 saturated carbocycles. The number of carbonyl (C=O) groups is 1. The molecule has 6 heteroatoms. The van der Waals surface area contributed by atoms with E-state index in [2.05, 4.69) is 4.98 Å². The number of hydrogen-bond acceptors (Lipinski definition) is 5. The minimum atomic E-state index is -0.267. The van der Waals surface area contributed by atoms with E-state index in [9.17, 15) is 9.90 Å². The summed E-state index contributed by atoms with van der Waals surface area (Å²) in [4.78, 5) is 19.4. The Morgan fingerprint density at radius 3 is 2.63 bits per heavy atom. The topological polar surface area (TPSA) is 75.8 Å². The van der Waals surface area contributed by atoms with E-state index in [1.807, 2.05) is 48.2 Å². The Morgan fingerprint density at radius 1 is 1.23 bits per heavy atom. The molecule has 1 saturated heterocycles. The van der Waals surface area contributed by atoms with E-state index in [1.165, 1.54) is 0 Å². The molecule has 4 rings (SSSR count). The Balaban J connectivity index is 1.45. The molecule has 0 bridgehead atoms. The summed E-state index contributed by atoms with van der Waals surface area (Å²) in [6.45, 7) is 3.35. The van der Waals surface area contributed by atoms with Gasteiger partial charge in [-0.05, 0) is 61.1 Å². The molecule has 1 unspecified atom stereocenters. The molecule has 2 heterocycles. The maximum Gasteiger partial charge on any atom is 0.253 e. The molecule has 3 aromatic rings. The maximum atomic E-state index is 12.9. The number of fused-ring (bicyclic) bond motifs is 1. The van der Waals surface area contributed by atoms with Gasteiger partial charge in [-0.1, -0.05) is 19.1 Å². The molecular weight excluding hydrogens is 380 g/mol. The van der Waals surface area contributed by atoms with Gasteiger partial charge in [-0.2, -0.15) is 0 Å². The van der Waals surface area contributed by atoms with Crippen molar-refractivity contribution in [2.45, 2.75) is 38.7 Å². The molecule has 1 aromatic heterocycles. The number of rotatable bonds is 6. The molecule has 1 atom stereocenters. The number of carbonyl (C=O) groups excluding carboxylic acids is 1. The first kappa shape index (κ1) is 20.4. The monoisotopic (exact) mass is 408 g/mol. The fourth-order valence-corrected chi connectivity index (χ4v) is 4.10. The van der Waals surface area contributed by atoms with Crippen LogP contribution in [-0.4, -0.2) is 47.2 Å². The van der Waals surface area contributed by atoms with Crippen LogP contribution in [0.5, 0.6) is 5.75 Å². The van der Waals surface area contributed by atoms with Crippen LogP contribution in [0.15, 0.2) is 46.9 Å². The predicted molar refractivity (Wildman–Crippen MR) is 115 cm³/mol. The Labute approximate surface area is 176 Å². The zero-order valence-corrected chi connectivity index (χ0v) is 17.5. The number of aromatic nitrogens is 1. The normalized spacial score (nSPS) is 16.0. The summed E-state index contributed by atoms with van der Waals surface area (Å²) in [5, 5.41) is 10.0. The molecule has 1 aliphatic heterocycles. The highest BCUT2D eigenvalue weighted by Gasteiger charge is 2.27. The standard InChI is InChI=1S/C24H28N2O4/c1-3-21(27)17-10-12-26(13-11-17)24(28)18-6-9-20-22(15-18)30-23(25-20)14-16-4-7-19(29-2)8-5-16/h4-9,15,17,21,27H,3,10-14H2,1-2H3. The second-order valence-corrected chi connectivity index (χ2v) is 7.92. The number of benzene rings is 2. The molecule has 6 nitrogen and oxygen atoms in total. The first-order chi connectivity index (χ1) is 14.6. The smallest absolute Gasteiger partial charge is 0.253 e. The summed E-state index contributed by atoms with van der Waals surface area (Å²) in [5.74, 6) is 1.73. The number of piperidine rings is 1. The zero-order chi connectivity index (χ0) is 21.1. The Kier molecular flexibility index (Phi) is 6.04. The quantitative estimate of drug-likeness (QED) is 0.666. The van der Waals surface area contributed by atoms with Crippen molar-refractivity contribution < 1.29 is 19.1 Å². The van der Waals surface area contributed by atoms with Gasteiger partial charge in [0.2, 0.25) is 0 Å². The lowest BCUT2D eigenvalue weighted by Crippen LogP contribution is -2.41. The van der Waals surface area contributed by atoms with E-state index in [1.54, 1.807) is 13.2 Å². The summed E-state index contributed by atoms with van der Waals surface area (Å²) in [6, 6.07) is 13.3. The van der Waals surface area contributed by atoms with Gasteiger partial charge in [-0.15, -0.1) is 0 Å². The van der Waals surface area contributed by atoms with Gasteiger partial charge in [0.15, 0.2) is 11.5 Å². The highest BCUT2D eigenvalue weighted by molar-refractivity contribution is 5.97. The van der Waals surface area contributed by atoms with Gasteiger partial charge >= 0.3 is 0 Å². The van der Waals surface area contributed by atoms with E-state index < -0.39 is 0 Å². The fraction of sp³-hybridized carbons (Fsp3) is 0.417. The van der Waals surface area contributed by atoms with Crippen molar-refractivity contribution >= 4 is 17.0 Å². The van der Waals surface area contributed by atoms with Crippen LogP contribution in [0.25, 0.3) is 11.1 Å². The second-order valence-electron chi connectivity index (χ2n) is 7.92. The van der Waals surface area contributed by atoms with E-state index in [0.29, 0.717) is 36.5 Å². The summed E-state index contributed by atoms with van der Waals surface area (Å²) in [7, 11) is 1.64. The van der Waals surface area contributed by atoms with Gasteiger partial charge in [-0.3, -0.25) is 4.79 Å². The Hall–Kier alpha value is -2.86. The van der Waals surface area contributed by atoms with Crippen LogP contribution in [0, 0.1) is 5.92 Å². The average Bonchev–Trinajstić information content (AvgIpc) is 3.20. The summed E-state index contributed by atoms with van der Waals surface area (Å²) >= 11 is 0. The van der Waals surface area contributed by atoms with Crippen molar-refractivity contribution in [3.05, 3.63) is 59.5 Å². The molecule has 0 spiro atoms. The van der Waals surface area contributed by atoms with E-state index >= 15 is 0 Å². The van der Waals surface area contributed by atoms with Gasteiger partial charge in [0.1, 0.15) is 11.3 Å². The molecule has 1 aliphatic rings. The number of methoxy groups -OCH3 is 1. The molecular formula is C24H28N2O4. The third kappa shape index (κ3) is 4.33. The molecule has 30 heavy (non-hydrogen) atoms. The molecule has 158 valence electrons. The molecule has 1 fully saturated rings. The minimum Gasteiger partial charge on any atom is -0.497 e. The number of aliphatic hydroxyl groups excluding tert-OH is 1. The summed E-state index contributed by atoms with van der Waals surface area (Å²) in [5.41, 5.74) is 3.07. The molecule has 1 N–H and O–H groups in total. The zero-order valence-electron chi connectivity index (χ0n) is 17.5. The van der Waals surface area contributed by atoms with Gasteiger partial charge in [0.25, 0.3) is 5.91 Å². The van der Waals surface area contributed by atoms with Gasteiger partial charge < -0.3 is 19.2 Å². The van der Waals surface area contributed by atoms with Crippen molar-refractivity contribution in [2.24, 2.45) is 5.92 Å². The molecule has 1 amide bonds. The van der Waals surface area contributed by atoms with Crippen LogP contribution >= 0.6 is 0 Å². The van der Waals surface area contributed by atoms with Crippen LogP contribution in [0.3, 0.4) is 0 Å². The summed E-state index contributed by atoms with van der Waals surface area (Å²) < 4.78 is 11.1. The third-order valence-electron chi connectivity index (χ3n) is 5.98. The Bertz CT molecular complexity index is 1000. The highest BCUT2D eigenvalue weighted by atomic mass is 16.5. The van der Waals surface area contributed by atoms with Gasteiger partial charge in [0.05, 0.1) is 13.2 Å². The number of ether oxygens (including phenoxy) is 1. The predicted octanol–water partition coefficient (Wildman–Crippen LogP) is 4.05. The van der Waals surface area contributed by atoms with E-state index in [0.717, 1.165) is 36.1 Å². The highest BCUT2D eigenvalue weighted by Crippen LogP contribution is 2.25. The van der Waals surface area contributed by atoms with Crippen LogP contribution in [-0.2, 0) is 6.42 Å². The first-order valence-corrected chi connectivity index (χ1v) is 10.6. The van der Waals surface area contributed by atoms with Crippen molar-refractivity contribution in [3.63, 3.8) is 0 Å². The maximum absolute atomic E-state index is 12.9. The van der Waals surface area contributed by atoms with Crippen molar-refractivity contribution in [3.8, 4) is 5.75 Å². The number of nitrogens with zero attached hydrogens (tertiary/aromatic N) is 2. The van der Waals surface area contributed by atoms with Crippen LogP contribution in [0.1, 0.15) is 48.0 Å². The number of hydrogen-bond donors (Lipinski definition) is 1. The Morgan fingerprint density at radius 2 is 1.97 bits per heavy atom. The lowest BCUT2D eigenvalue weighted by Gasteiger charge is -2.34. The summed E-state index contributed by atoms with van der Waals surface area (Å²) in [6.07, 6.45) is 2.76. The molecule has 0 radical (unpaired) electrons. The van der Waals surface area contributed by atoms with Gasteiger partial charge in [-0.25, -0.2) is 4.98 Å². The first-order valence-electron chi connectivity index (χ1n) is 10.6. The number of aliphatic hydroxyl groups is 1. The average molecular weight is 408 g/mol. The van der Waals surface area contributed by atoms with E-state index in [4.69, 9.17) is 9.15 Å². The lowest BCUT2D eigenvalue weighted by molar-refractivity contribution is 0.0454.